The second-order valence-corrected chi connectivity index (χ2v) is 11.0. The molecule has 6 heteroatoms. The number of hydrogen-bond acceptors (Lipinski definition) is 4. The number of nitrogens with zero attached hydrogens (tertiary/aromatic N) is 2. The molecule has 0 bridgehead atoms. The maximum absolute atomic E-state index is 14.3. The molecule has 3 N–H and O–H groups in total. The van der Waals surface area contributed by atoms with E-state index < -0.39 is 17.4 Å². The minimum atomic E-state index is -1.02. The predicted molar refractivity (Wildman–Crippen MR) is 136 cm³/mol. The summed E-state index contributed by atoms with van der Waals surface area (Å²) < 4.78 is 0. The van der Waals surface area contributed by atoms with Crippen molar-refractivity contribution in [3.63, 3.8) is 0 Å². The van der Waals surface area contributed by atoms with E-state index in [-0.39, 0.29) is 17.9 Å². The van der Waals surface area contributed by atoms with Gasteiger partial charge in [-0.2, -0.15) is 0 Å². The number of amides is 2. The van der Waals surface area contributed by atoms with Crippen molar-refractivity contribution in [3.05, 3.63) is 35.9 Å². The second kappa shape index (κ2) is 11.2. The highest BCUT2D eigenvalue weighted by Crippen LogP contribution is 2.40. The first-order valence-electron chi connectivity index (χ1n) is 13.5. The largest absolute Gasteiger partial charge is 0.368 e. The Morgan fingerprint density at radius 2 is 1.79 bits per heavy atom. The Balaban J connectivity index is 1.52. The molecule has 2 aliphatic heterocycles. The summed E-state index contributed by atoms with van der Waals surface area (Å²) >= 11 is 0. The van der Waals surface area contributed by atoms with Gasteiger partial charge in [-0.3, -0.25) is 9.59 Å². The fraction of sp³-hybridized carbons (Fsp3) is 0.714. The smallest absolute Gasteiger partial charge is 0.238 e. The van der Waals surface area contributed by atoms with Gasteiger partial charge in [0.25, 0.3) is 0 Å². The number of benzene rings is 1. The van der Waals surface area contributed by atoms with E-state index in [4.69, 9.17) is 5.73 Å². The number of hydrogen-bond donors (Lipinski definition) is 2. The summed E-state index contributed by atoms with van der Waals surface area (Å²) in [6.07, 6.45) is 9.98. The molecule has 34 heavy (non-hydrogen) atoms. The number of likely N-dealkylation sites (N-methyl/N-ethyl adjacent to an activating group) is 1. The average molecular weight is 469 g/mol. The highest BCUT2D eigenvalue weighted by Gasteiger charge is 2.51. The first-order chi connectivity index (χ1) is 16.4. The van der Waals surface area contributed by atoms with Gasteiger partial charge in [0.2, 0.25) is 11.8 Å². The Labute approximate surface area is 205 Å². The molecule has 6 nitrogen and oxygen atoms in total. The maximum atomic E-state index is 14.3. The van der Waals surface area contributed by atoms with Crippen LogP contribution in [0.2, 0.25) is 0 Å². The van der Waals surface area contributed by atoms with Gasteiger partial charge < -0.3 is 20.9 Å². The molecule has 3 aliphatic rings. The SMILES string of the molecule is CNC(C)(C(N)=O)[C@H](C(=O)N1CC[C@@H]2CCCN(CCc3ccccc3)C[C@H]21)C1CCCCC1. The standard InChI is InChI=1S/C28H44N4O2/c1-28(30-2,27(29)34)25(23-12-7-4-8-13-23)26(33)32-19-16-22-14-9-17-31(20-24(22)32)18-15-21-10-5-3-6-11-21/h3,5-6,10-11,22-25,30H,4,7-9,12-20H2,1-2H3,(H2,29,34)/t22-,24+,25-,28?/m0/s1. The summed E-state index contributed by atoms with van der Waals surface area (Å²) in [4.78, 5) is 31.6. The summed E-state index contributed by atoms with van der Waals surface area (Å²) in [6.45, 7) is 5.72. The maximum Gasteiger partial charge on any atom is 0.238 e. The van der Waals surface area contributed by atoms with Crippen molar-refractivity contribution in [2.45, 2.75) is 76.3 Å². The van der Waals surface area contributed by atoms with Crippen molar-refractivity contribution in [3.8, 4) is 0 Å². The van der Waals surface area contributed by atoms with E-state index in [9.17, 15) is 9.59 Å². The van der Waals surface area contributed by atoms with E-state index in [1.165, 1.54) is 24.8 Å². The molecule has 3 fully saturated rings. The van der Waals surface area contributed by atoms with E-state index in [0.29, 0.717) is 5.92 Å². The Hall–Kier alpha value is -1.92. The number of carbonyl (C=O) groups excluding carboxylic acids is 2. The van der Waals surface area contributed by atoms with Gasteiger partial charge >= 0.3 is 0 Å². The molecule has 0 aromatic heterocycles. The zero-order valence-corrected chi connectivity index (χ0v) is 21.2. The summed E-state index contributed by atoms with van der Waals surface area (Å²) in [6, 6.07) is 10.9. The van der Waals surface area contributed by atoms with E-state index in [0.717, 1.165) is 64.7 Å². The molecule has 2 heterocycles. The van der Waals surface area contributed by atoms with Crippen LogP contribution in [0.5, 0.6) is 0 Å². The van der Waals surface area contributed by atoms with Gasteiger partial charge in [0.15, 0.2) is 0 Å². The lowest BCUT2D eigenvalue weighted by Crippen LogP contribution is -2.64. The van der Waals surface area contributed by atoms with Crippen LogP contribution in [0.15, 0.2) is 30.3 Å². The monoisotopic (exact) mass is 468 g/mol. The molecule has 4 rings (SSSR count). The van der Waals surface area contributed by atoms with Crippen LogP contribution in [0.3, 0.4) is 0 Å². The van der Waals surface area contributed by atoms with E-state index >= 15 is 0 Å². The van der Waals surface area contributed by atoms with Gasteiger partial charge in [0.05, 0.1) is 5.92 Å². The van der Waals surface area contributed by atoms with Crippen LogP contribution >= 0.6 is 0 Å². The van der Waals surface area contributed by atoms with E-state index in [1.54, 1.807) is 7.05 Å². The van der Waals surface area contributed by atoms with Crippen molar-refractivity contribution < 1.29 is 9.59 Å². The molecule has 1 unspecified atom stereocenters. The van der Waals surface area contributed by atoms with Crippen molar-refractivity contribution in [1.82, 2.24) is 15.1 Å². The highest BCUT2D eigenvalue weighted by molar-refractivity contribution is 5.93. The Morgan fingerprint density at radius 3 is 2.47 bits per heavy atom. The second-order valence-electron chi connectivity index (χ2n) is 11.0. The fourth-order valence-electron chi connectivity index (χ4n) is 6.84. The van der Waals surface area contributed by atoms with Crippen molar-refractivity contribution >= 4 is 11.8 Å². The Kier molecular flexibility index (Phi) is 8.30. The molecule has 1 aliphatic carbocycles. The molecular formula is C28H44N4O2. The summed E-state index contributed by atoms with van der Waals surface area (Å²) in [5, 5.41) is 3.18. The number of nitrogens with one attached hydrogen (secondary N) is 1. The first-order valence-corrected chi connectivity index (χ1v) is 13.5. The van der Waals surface area contributed by atoms with Crippen LogP contribution in [-0.4, -0.2) is 66.4 Å². The summed E-state index contributed by atoms with van der Waals surface area (Å²) in [5.41, 5.74) is 6.27. The number of fused-ring (bicyclic) bond motifs is 1. The summed E-state index contributed by atoms with van der Waals surface area (Å²) in [5.74, 6) is 0.118. The van der Waals surface area contributed by atoms with Crippen molar-refractivity contribution in [2.75, 3.05) is 33.2 Å². The van der Waals surface area contributed by atoms with Gasteiger partial charge in [-0.1, -0.05) is 49.6 Å². The minimum absolute atomic E-state index is 0.153. The predicted octanol–water partition coefficient (Wildman–Crippen LogP) is 3.20. The fourth-order valence-corrected chi connectivity index (χ4v) is 6.84. The highest BCUT2D eigenvalue weighted by atomic mass is 16.2. The average Bonchev–Trinajstić information content (AvgIpc) is 3.14. The quantitative estimate of drug-likeness (QED) is 0.614. The zero-order chi connectivity index (χ0) is 24.1. The van der Waals surface area contributed by atoms with Gasteiger partial charge in [0.1, 0.15) is 5.54 Å². The van der Waals surface area contributed by atoms with E-state index in [2.05, 4.69) is 45.4 Å². The molecule has 1 saturated carbocycles. The molecule has 2 amide bonds. The van der Waals surface area contributed by atoms with Gasteiger partial charge in [-0.05, 0) is 76.4 Å². The Bertz CT molecular complexity index is 825. The molecule has 188 valence electrons. The van der Waals surface area contributed by atoms with Crippen LogP contribution < -0.4 is 11.1 Å². The normalized spacial score (nSPS) is 26.9. The third-order valence-electron chi connectivity index (χ3n) is 9.06. The molecule has 0 spiro atoms. The molecule has 1 aromatic rings. The lowest BCUT2D eigenvalue weighted by Gasteiger charge is -2.43. The van der Waals surface area contributed by atoms with Crippen molar-refractivity contribution in [2.24, 2.45) is 23.5 Å². The number of likely N-dealkylation sites (tertiary alicyclic amines) is 2. The van der Waals surface area contributed by atoms with E-state index in [1.807, 2.05) is 6.92 Å². The number of carbonyl (C=O) groups is 2. The molecular weight excluding hydrogens is 424 g/mol. The van der Waals surface area contributed by atoms with Crippen LogP contribution in [0.25, 0.3) is 0 Å². The van der Waals surface area contributed by atoms with Crippen LogP contribution in [0.1, 0.15) is 63.9 Å². The lowest BCUT2D eigenvalue weighted by molar-refractivity contribution is -0.147. The molecule has 0 radical (unpaired) electrons. The van der Waals surface area contributed by atoms with Crippen LogP contribution in [-0.2, 0) is 16.0 Å². The van der Waals surface area contributed by atoms with Crippen LogP contribution in [0.4, 0.5) is 0 Å². The third-order valence-corrected chi connectivity index (χ3v) is 9.06. The van der Waals surface area contributed by atoms with Gasteiger partial charge in [-0.15, -0.1) is 0 Å². The van der Waals surface area contributed by atoms with Crippen molar-refractivity contribution in [1.29, 1.82) is 0 Å². The number of rotatable bonds is 8. The molecule has 4 atom stereocenters. The van der Waals surface area contributed by atoms with Crippen LogP contribution in [0, 0.1) is 17.8 Å². The zero-order valence-electron chi connectivity index (χ0n) is 21.2. The summed E-state index contributed by atoms with van der Waals surface area (Å²) in [7, 11) is 1.78. The Morgan fingerprint density at radius 1 is 1.06 bits per heavy atom. The van der Waals surface area contributed by atoms with Gasteiger partial charge in [0, 0.05) is 25.7 Å². The number of nitrogens with two attached hydrogens (primary N) is 1. The lowest BCUT2D eigenvalue weighted by atomic mass is 9.69. The minimum Gasteiger partial charge on any atom is -0.368 e. The van der Waals surface area contributed by atoms with Gasteiger partial charge in [-0.25, -0.2) is 0 Å². The topological polar surface area (TPSA) is 78.7 Å². The molecule has 1 aromatic carbocycles. The number of primary amides is 1. The third kappa shape index (κ3) is 5.33. The first kappa shape index (κ1) is 25.2. The molecule has 2 saturated heterocycles.